The number of nitrogen functional groups attached to an aromatic ring is 1. The van der Waals surface area contributed by atoms with Crippen molar-refractivity contribution in [3.05, 3.63) is 23.3 Å². The van der Waals surface area contributed by atoms with E-state index in [1.807, 2.05) is 27.7 Å². The van der Waals surface area contributed by atoms with Crippen LogP contribution in [0.1, 0.15) is 37.8 Å². The quantitative estimate of drug-likeness (QED) is 0.662. The topological polar surface area (TPSA) is 75.4 Å². The molecule has 0 aliphatic carbocycles. The molecule has 0 unspecified atom stereocenters. The zero-order valence-electron chi connectivity index (χ0n) is 12.5. The molecule has 0 bridgehead atoms. The van der Waals surface area contributed by atoms with Crippen LogP contribution in [0.5, 0.6) is 0 Å². The first-order chi connectivity index (χ1) is 9.20. The Morgan fingerprint density at radius 1 is 1.25 bits per heavy atom. The number of hydrogen-bond donors (Lipinski definition) is 2. The van der Waals surface area contributed by atoms with Gasteiger partial charge in [-0.05, 0) is 63.8 Å². The summed E-state index contributed by atoms with van der Waals surface area (Å²) in [6, 6.07) is 3.53. The molecule has 0 amide bonds. The highest BCUT2D eigenvalue weighted by Crippen LogP contribution is 2.36. The molecule has 1 saturated heterocycles. The number of hydrogen-bond acceptors (Lipinski definition) is 4. The summed E-state index contributed by atoms with van der Waals surface area (Å²) in [6.45, 7) is 8.18. The first-order valence-electron chi connectivity index (χ1n) is 6.81. The molecule has 3 N–H and O–H groups in total. The number of anilines is 1. The van der Waals surface area contributed by atoms with Crippen LogP contribution >= 0.6 is 0 Å². The van der Waals surface area contributed by atoms with Gasteiger partial charge < -0.3 is 5.43 Å². The lowest BCUT2D eigenvalue weighted by Crippen LogP contribution is -2.43. The molecule has 5 nitrogen and oxygen atoms in total. The minimum atomic E-state index is -3.47. The number of nitrogens with one attached hydrogen (secondary N) is 1. The molecule has 1 aliphatic rings. The van der Waals surface area contributed by atoms with Crippen LogP contribution < -0.4 is 11.3 Å². The molecule has 1 aromatic carbocycles. The van der Waals surface area contributed by atoms with Crippen LogP contribution in [0.4, 0.5) is 5.69 Å². The van der Waals surface area contributed by atoms with Gasteiger partial charge in [0.15, 0.2) is 0 Å². The third-order valence-electron chi connectivity index (χ3n) is 4.00. The monoisotopic (exact) mass is 297 g/mol. The Balaban J connectivity index is 2.56. The van der Waals surface area contributed by atoms with Crippen LogP contribution in [0.3, 0.4) is 0 Å². The zero-order valence-corrected chi connectivity index (χ0v) is 13.3. The molecule has 6 heteroatoms. The highest BCUT2D eigenvalue weighted by Gasteiger charge is 2.41. The summed E-state index contributed by atoms with van der Waals surface area (Å²) in [5.74, 6) is 5.40. The Labute approximate surface area is 121 Å². The molecule has 2 rings (SSSR count). The Kier molecular flexibility index (Phi) is 3.83. The molecule has 0 aromatic heterocycles. The van der Waals surface area contributed by atoms with Gasteiger partial charge in [-0.15, -0.1) is 0 Å². The summed E-state index contributed by atoms with van der Waals surface area (Å²) < 4.78 is 27.6. The van der Waals surface area contributed by atoms with E-state index in [2.05, 4.69) is 5.43 Å². The SMILES string of the molecule is Cc1cc(NN)cc(C)c1S(=O)(=O)N1CCCC1(C)C. The van der Waals surface area contributed by atoms with Crippen molar-refractivity contribution in [1.29, 1.82) is 0 Å². The van der Waals surface area contributed by atoms with Gasteiger partial charge in [0.05, 0.1) is 4.90 Å². The van der Waals surface area contributed by atoms with Gasteiger partial charge in [0.1, 0.15) is 0 Å². The van der Waals surface area contributed by atoms with E-state index in [0.717, 1.165) is 29.7 Å². The van der Waals surface area contributed by atoms with Crippen molar-refractivity contribution in [2.45, 2.75) is 51.0 Å². The Bertz CT molecular complexity index is 600. The average molecular weight is 297 g/mol. The summed E-state index contributed by atoms with van der Waals surface area (Å²) in [7, 11) is -3.47. The van der Waals surface area contributed by atoms with Crippen molar-refractivity contribution in [2.24, 2.45) is 5.84 Å². The fraction of sp³-hybridized carbons (Fsp3) is 0.571. The molecular weight excluding hydrogens is 274 g/mol. The lowest BCUT2D eigenvalue weighted by Gasteiger charge is -2.31. The zero-order chi connectivity index (χ0) is 15.1. The third-order valence-corrected chi connectivity index (χ3v) is 6.42. The van der Waals surface area contributed by atoms with Crippen molar-refractivity contribution < 1.29 is 8.42 Å². The minimum Gasteiger partial charge on any atom is -0.324 e. The average Bonchev–Trinajstić information content (AvgIpc) is 2.68. The molecule has 1 aromatic rings. The largest absolute Gasteiger partial charge is 0.324 e. The lowest BCUT2D eigenvalue weighted by molar-refractivity contribution is 0.291. The summed E-state index contributed by atoms with van der Waals surface area (Å²) in [6.07, 6.45) is 1.81. The number of hydrazine groups is 1. The van der Waals surface area contributed by atoms with Gasteiger partial charge in [-0.3, -0.25) is 5.84 Å². The van der Waals surface area contributed by atoms with Crippen LogP contribution in [-0.2, 0) is 10.0 Å². The van der Waals surface area contributed by atoms with E-state index in [4.69, 9.17) is 5.84 Å². The van der Waals surface area contributed by atoms with Crippen LogP contribution in [0.25, 0.3) is 0 Å². The second-order valence-corrected chi connectivity index (χ2v) is 7.88. The van der Waals surface area contributed by atoms with Gasteiger partial charge in [-0.1, -0.05) is 0 Å². The van der Waals surface area contributed by atoms with E-state index >= 15 is 0 Å². The van der Waals surface area contributed by atoms with E-state index in [0.29, 0.717) is 11.4 Å². The molecule has 0 radical (unpaired) electrons. The van der Waals surface area contributed by atoms with Gasteiger partial charge in [0, 0.05) is 17.8 Å². The van der Waals surface area contributed by atoms with Crippen molar-refractivity contribution in [2.75, 3.05) is 12.0 Å². The second kappa shape index (κ2) is 5.02. The van der Waals surface area contributed by atoms with E-state index < -0.39 is 10.0 Å². The van der Waals surface area contributed by atoms with Gasteiger partial charge >= 0.3 is 0 Å². The maximum Gasteiger partial charge on any atom is 0.244 e. The number of sulfonamides is 1. The maximum atomic E-state index is 13.0. The van der Waals surface area contributed by atoms with E-state index in [1.165, 1.54) is 0 Å². The molecule has 1 aliphatic heterocycles. The Morgan fingerprint density at radius 2 is 1.80 bits per heavy atom. The molecule has 0 spiro atoms. The first kappa shape index (κ1) is 15.3. The van der Waals surface area contributed by atoms with E-state index in [9.17, 15) is 8.42 Å². The van der Waals surface area contributed by atoms with Gasteiger partial charge in [0.25, 0.3) is 0 Å². The van der Waals surface area contributed by atoms with Crippen molar-refractivity contribution >= 4 is 15.7 Å². The van der Waals surface area contributed by atoms with E-state index in [-0.39, 0.29) is 5.54 Å². The van der Waals surface area contributed by atoms with Crippen molar-refractivity contribution in [1.82, 2.24) is 4.31 Å². The fourth-order valence-electron chi connectivity index (χ4n) is 3.08. The standard InChI is InChI=1S/C14H23N3O2S/c1-10-8-12(16-15)9-11(2)13(10)20(18,19)17-7-5-6-14(17,3)4/h8-9,16H,5-7,15H2,1-4H3. The normalized spacial score (nSPS) is 19.2. The Hall–Kier alpha value is -1.11. The summed E-state index contributed by atoms with van der Waals surface area (Å²) >= 11 is 0. The molecule has 1 heterocycles. The predicted molar refractivity (Wildman–Crippen MR) is 80.9 cm³/mol. The first-order valence-corrected chi connectivity index (χ1v) is 8.25. The molecule has 0 atom stereocenters. The molecular formula is C14H23N3O2S. The number of benzene rings is 1. The smallest absolute Gasteiger partial charge is 0.244 e. The number of rotatable bonds is 3. The minimum absolute atomic E-state index is 0.317. The second-order valence-electron chi connectivity index (χ2n) is 6.08. The van der Waals surface area contributed by atoms with Crippen molar-refractivity contribution in [3.8, 4) is 0 Å². The molecule has 20 heavy (non-hydrogen) atoms. The summed E-state index contributed by atoms with van der Waals surface area (Å²) in [5.41, 5.74) is 4.42. The van der Waals surface area contributed by atoms with Gasteiger partial charge in [-0.2, -0.15) is 4.31 Å². The summed E-state index contributed by atoms with van der Waals surface area (Å²) in [5, 5.41) is 0. The van der Waals surface area contributed by atoms with Crippen LogP contribution in [0.15, 0.2) is 17.0 Å². The molecule has 0 saturated carbocycles. The highest BCUT2D eigenvalue weighted by atomic mass is 32.2. The van der Waals surface area contributed by atoms with E-state index in [1.54, 1.807) is 16.4 Å². The third kappa shape index (κ3) is 2.43. The fourth-order valence-corrected chi connectivity index (χ4v) is 5.34. The highest BCUT2D eigenvalue weighted by molar-refractivity contribution is 7.89. The van der Waals surface area contributed by atoms with Gasteiger partial charge in [-0.25, -0.2) is 8.42 Å². The van der Waals surface area contributed by atoms with Gasteiger partial charge in [0.2, 0.25) is 10.0 Å². The summed E-state index contributed by atoms with van der Waals surface area (Å²) in [4.78, 5) is 0.409. The van der Waals surface area contributed by atoms with Crippen molar-refractivity contribution in [3.63, 3.8) is 0 Å². The lowest BCUT2D eigenvalue weighted by atomic mass is 10.0. The maximum absolute atomic E-state index is 13.0. The molecule has 112 valence electrons. The van der Waals surface area contributed by atoms with Crippen LogP contribution in [0, 0.1) is 13.8 Å². The number of nitrogens with two attached hydrogens (primary N) is 1. The number of nitrogens with zero attached hydrogens (tertiary/aromatic N) is 1. The van der Waals surface area contributed by atoms with Crippen LogP contribution in [-0.4, -0.2) is 24.8 Å². The number of aryl methyl sites for hydroxylation is 2. The van der Waals surface area contributed by atoms with Crippen LogP contribution in [0.2, 0.25) is 0 Å². The Morgan fingerprint density at radius 3 is 2.20 bits per heavy atom. The predicted octanol–water partition coefficient (Wildman–Crippen LogP) is 2.15. The molecule has 1 fully saturated rings.